The predicted octanol–water partition coefficient (Wildman–Crippen LogP) is 23.5. The summed E-state index contributed by atoms with van der Waals surface area (Å²) in [6, 6.07) is 72.0. The van der Waals surface area contributed by atoms with Gasteiger partial charge in [0.15, 0.2) is 0 Å². The van der Waals surface area contributed by atoms with Gasteiger partial charge in [0, 0.05) is 33.9 Å². The summed E-state index contributed by atoms with van der Waals surface area (Å²) in [6.07, 6.45) is 18.4. The number of hydrogen-bond donors (Lipinski definition) is 3. The second kappa shape index (κ2) is 45.4. The molecule has 0 bridgehead atoms. The van der Waals surface area contributed by atoms with Crippen LogP contribution in [0.3, 0.4) is 0 Å². The normalized spacial score (nSPS) is 11.6. The number of carbonyl (C=O) groups excluding carboxylic acids is 6. The summed E-state index contributed by atoms with van der Waals surface area (Å²) in [5.74, 6) is -1.75. The molecular weight excluding hydrogens is 1700 g/mol. The predicted molar refractivity (Wildman–Crippen MR) is 518 cm³/mol. The highest BCUT2D eigenvalue weighted by Gasteiger charge is 2.24. The van der Waals surface area contributed by atoms with E-state index in [-0.39, 0.29) is 56.8 Å². The SMILES string of the molecule is C=C(C)C(=O)Oc1cc(/C=N/N=C(\C)c2ccc3c(c2)Cc2ccccc2-3)c(C(=O)Oc2ccc(-c3ccc(C(=O)OCCCCC)cc3)cc2)c(/C=N/Nc2nc3ccccc3s2)c1.C=CC(=O)OCCCCCCOc1ccc(C(=O)Oc2ccc(C(=O)Oc3cc(/C=N/Nc4nc5ccccc5s4)c(CCCCC)cc3/C=N/Nc3nc4ccccc4s3)cc2)cc1. The Morgan fingerprint density at radius 3 is 1.49 bits per heavy atom. The van der Waals surface area contributed by atoms with Gasteiger partial charge in [-0.2, -0.15) is 25.5 Å². The van der Waals surface area contributed by atoms with Crippen LogP contribution in [0.15, 0.2) is 287 Å². The van der Waals surface area contributed by atoms with E-state index in [0.717, 1.165) is 142 Å². The number of aryl methyl sites for hydroxylation is 1. The van der Waals surface area contributed by atoms with E-state index in [1.807, 2.05) is 122 Å². The maximum absolute atomic E-state index is 14.4. The van der Waals surface area contributed by atoms with Crippen LogP contribution in [0.4, 0.5) is 15.4 Å². The number of thiazole rings is 3. The minimum atomic E-state index is -0.723. The van der Waals surface area contributed by atoms with Crippen LogP contribution in [0.25, 0.3) is 52.9 Å². The highest BCUT2D eigenvalue weighted by Crippen LogP contribution is 2.38. The van der Waals surface area contributed by atoms with Crippen LogP contribution in [0.1, 0.15) is 178 Å². The monoisotopic (exact) mass is 1790 g/mol. The molecule has 0 amide bonds. The Bertz CT molecular complexity index is 6500. The van der Waals surface area contributed by atoms with Gasteiger partial charge in [-0.05, 0) is 249 Å². The molecule has 11 aromatic carbocycles. The van der Waals surface area contributed by atoms with Crippen molar-refractivity contribution in [2.24, 2.45) is 25.5 Å². The molecule has 0 aliphatic heterocycles. The van der Waals surface area contributed by atoms with Gasteiger partial charge in [0.2, 0.25) is 15.4 Å². The Kier molecular flexibility index (Phi) is 31.8. The molecule has 27 heteroatoms. The van der Waals surface area contributed by atoms with Crippen molar-refractivity contribution in [3.05, 3.63) is 328 Å². The first kappa shape index (κ1) is 91.2. The average Bonchev–Trinajstić information content (AvgIpc) is 1.62. The third-order valence-electron chi connectivity index (χ3n) is 20.7. The van der Waals surface area contributed by atoms with Gasteiger partial charge >= 0.3 is 35.8 Å². The highest BCUT2D eigenvalue weighted by molar-refractivity contribution is 7.22. The molecule has 1 aliphatic rings. The molecule has 14 aromatic rings. The first-order chi connectivity index (χ1) is 63.5. The van der Waals surface area contributed by atoms with E-state index < -0.39 is 29.8 Å². The van der Waals surface area contributed by atoms with Gasteiger partial charge in [-0.1, -0.05) is 184 Å². The second-order valence-electron chi connectivity index (χ2n) is 30.2. The Balaban J connectivity index is 0.000000210. The number of benzene rings is 11. The number of nitrogens with one attached hydrogen (secondary N) is 3. The average molecular weight is 1790 g/mol. The summed E-state index contributed by atoms with van der Waals surface area (Å²) in [6.45, 7) is 16.1. The van der Waals surface area contributed by atoms with Crippen molar-refractivity contribution in [1.29, 1.82) is 0 Å². The summed E-state index contributed by atoms with van der Waals surface area (Å²) in [4.78, 5) is 91.3. The summed E-state index contributed by atoms with van der Waals surface area (Å²) in [5, 5.41) is 24.3. The van der Waals surface area contributed by atoms with Crippen LogP contribution in [0, 0.1) is 0 Å². The lowest BCUT2D eigenvalue weighted by atomic mass is 9.98. The fourth-order valence-electron chi connectivity index (χ4n) is 13.9. The van der Waals surface area contributed by atoms with Crippen LogP contribution < -0.4 is 40.0 Å². The molecule has 3 aromatic heterocycles. The number of ether oxygens (including phenoxy) is 7. The first-order valence-electron chi connectivity index (χ1n) is 42.6. The van der Waals surface area contributed by atoms with E-state index >= 15 is 0 Å². The van der Waals surface area contributed by atoms with Crippen molar-refractivity contribution in [2.45, 2.75) is 105 Å². The maximum atomic E-state index is 14.4. The van der Waals surface area contributed by atoms with Crippen molar-refractivity contribution in [3.63, 3.8) is 0 Å². The highest BCUT2D eigenvalue weighted by atomic mass is 32.1. The van der Waals surface area contributed by atoms with Crippen LogP contribution >= 0.6 is 34.0 Å². The molecule has 15 rings (SSSR count). The molecule has 1 aliphatic carbocycles. The van der Waals surface area contributed by atoms with Gasteiger partial charge in [-0.15, -0.1) is 0 Å². The zero-order chi connectivity index (χ0) is 90.5. The minimum absolute atomic E-state index is 0.0862. The van der Waals surface area contributed by atoms with E-state index in [1.54, 1.807) is 98.2 Å². The third kappa shape index (κ3) is 25.0. The van der Waals surface area contributed by atoms with Crippen molar-refractivity contribution >= 4 is 146 Å². The number of hydrogen-bond acceptors (Lipinski definition) is 27. The Morgan fingerprint density at radius 2 is 0.900 bits per heavy atom. The molecule has 0 atom stereocenters. The molecule has 130 heavy (non-hydrogen) atoms. The number of rotatable bonds is 39. The molecule has 3 N–H and O–H groups in total. The standard InChI is InChI=1S/C53H45N5O6S.C50H48N6O7S2/c1-5-6-11-26-62-51(60)37-18-16-35(17-19-37)36-20-23-43(24-21-36)63-52(61)49-41(31-54-57-34(4)38-22-25-46-40(27-38)28-39-12-7-8-13-45(39)46)29-44(64-50(59)33(2)3)30-42(49)32-55-58-53-56-47-14-9-10-15-48(47)65-53;1-3-5-8-15-36-30-38(33-52-56-50-54-42-17-10-12-19-45(42)65-50)43(31-37(36)32-51-55-49-53-41-16-9-11-18-44(41)64-49)63-48(59)35-22-26-40(27-23-35)62-47(58)34-20-24-39(25-21-34)60-28-13-6-7-14-29-61-46(57)4-2/h7-10,12-25,27,29-32H,2,5-6,11,26,28H2,1,3-4H3,(H,56,58);4,9-12,16-27,30-33H,2-3,5-8,13-15,28-29H2,1H3,(H,53,55)(H,54,56)/b54-31+,55-32+,57-34+;51-32+,52-33+. The number of hydrazone groups is 3. The molecule has 656 valence electrons. The van der Waals surface area contributed by atoms with Crippen molar-refractivity contribution < 1.29 is 61.9 Å². The van der Waals surface area contributed by atoms with Crippen LogP contribution in [0.2, 0.25) is 0 Å². The fraction of sp³-hybridized carbons (Fsp3) is 0.184. The second-order valence-corrected chi connectivity index (χ2v) is 33.3. The van der Waals surface area contributed by atoms with Crippen molar-refractivity contribution in [2.75, 3.05) is 36.1 Å². The van der Waals surface area contributed by atoms with Crippen LogP contribution in [-0.4, -0.2) is 101 Å². The van der Waals surface area contributed by atoms with E-state index in [2.05, 4.69) is 114 Å². The molecule has 0 unspecified atom stereocenters. The van der Waals surface area contributed by atoms with Gasteiger partial charge in [0.25, 0.3) is 0 Å². The lowest BCUT2D eigenvalue weighted by Gasteiger charge is -2.13. The summed E-state index contributed by atoms with van der Waals surface area (Å²) in [5.41, 5.74) is 24.1. The van der Waals surface area contributed by atoms with Crippen LogP contribution in [-0.2, 0) is 31.9 Å². The molecule has 0 spiro atoms. The van der Waals surface area contributed by atoms with Gasteiger partial charge < -0.3 is 33.2 Å². The number of carbonyl (C=O) groups is 6. The minimum Gasteiger partial charge on any atom is -0.494 e. The summed E-state index contributed by atoms with van der Waals surface area (Å²) in [7, 11) is 0. The number of para-hydroxylation sites is 3. The maximum Gasteiger partial charge on any atom is 0.344 e. The zero-order valence-electron chi connectivity index (χ0n) is 72.0. The third-order valence-corrected chi connectivity index (χ3v) is 23.5. The first-order valence-corrected chi connectivity index (χ1v) is 45.1. The zero-order valence-corrected chi connectivity index (χ0v) is 74.5. The van der Waals surface area contributed by atoms with Crippen molar-refractivity contribution in [1.82, 2.24) is 15.0 Å². The quantitative estimate of drug-likeness (QED) is 0.00805. The molecule has 0 saturated heterocycles. The molecule has 0 fully saturated rings. The van der Waals surface area contributed by atoms with Gasteiger partial charge in [0.05, 0.1) is 103 Å². The number of nitrogens with zero attached hydrogens (tertiary/aromatic N) is 8. The molecular formula is C103H93N11O13S3. The fourth-order valence-corrected chi connectivity index (χ4v) is 16.3. The van der Waals surface area contributed by atoms with E-state index in [0.29, 0.717) is 63.4 Å². The lowest BCUT2D eigenvalue weighted by Crippen LogP contribution is -2.16. The number of aromatic nitrogens is 3. The molecule has 0 radical (unpaired) electrons. The number of esters is 6. The van der Waals surface area contributed by atoms with E-state index in [9.17, 15) is 28.8 Å². The topological polar surface area (TPSA) is 304 Å². The number of fused-ring (bicyclic) bond motifs is 6. The van der Waals surface area contributed by atoms with E-state index in [4.69, 9.17) is 33.2 Å². The van der Waals surface area contributed by atoms with E-state index in [1.165, 1.54) is 80.8 Å². The number of unbranched alkanes of at least 4 members (excludes halogenated alkanes) is 7. The van der Waals surface area contributed by atoms with Crippen molar-refractivity contribution in [3.8, 4) is 51.0 Å². The van der Waals surface area contributed by atoms with Gasteiger partial charge in [0.1, 0.15) is 28.7 Å². The largest absolute Gasteiger partial charge is 0.494 e. The number of anilines is 3. The summed E-state index contributed by atoms with van der Waals surface area (Å²) < 4.78 is 42.6. The van der Waals surface area contributed by atoms with Gasteiger partial charge in [-0.25, -0.2) is 43.7 Å². The van der Waals surface area contributed by atoms with Gasteiger partial charge in [-0.3, -0.25) is 16.3 Å². The Hall–Kier alpha value is -15.1. The molecule has 0 saturated carbocycles. The Labute approximate surface area is 763 Å². The lowest BCUT2D eigenvalue weighted by molar-refractivity contribution is -0.138. The molecule has 24 nitrogen and oxygen atoms in total. The molecule has 3 heterocycles. The Morgan fingerprint density at radius 1 is 0.423 bits per heavy atom. The smallest absolute Gasteiger partial charge is 0.344 e. The summed E-state index contributed by atoms with van der Waals surface area (Å²) >= 11 is 4.41. The van der Waals surface area contributed by atoms with Crippen LogP contribution in [0.5, 0.6) is 28.7 Å².